The second-order valence-corrected chi connectivity index (χ2v) is 9.68. The molecule has 0 aromatic heterocycles. The number of carbonyl (C=O) groups excluding carboxylic acids is 2. The first-order valence-electron chi connectivity index (χ1n) is 10.4. The Morgan fingerprint density at radius 2 is 1.85 bits per heavy atom. The number of rotatable bonds is 2. The molecule has 0 aromatic carbocycles. The number of hydrogen-bond acceptors (Lipinski definition) is 3. The summed E-state index contributed by atoms with van der Waals surface area (Å²) in [6.07, 6.45) is 12.3. The quantitative estimate of drug-likeness (QED) is 0.638. The number of esters is 1. The van der Waals surface area contributed by atoms with Gasteiger partial charge < -0.3 is 4.74 Å². The first-order valence-corrected chi connectivity index (χ1v) is 10.4. The molecular formula is C23H32O3. The Balaban J connectivity index is 1.64. The molecule has 0 amide bonds. The maximum absolute atomic E-state index is 12.2. The Bertz CT molecular complexity index is 702. The third-order valence-electron chi connectivity index (χ3n) is 8.50. The first-order chi connectivity index (χ1) is 12.3. The number of fused-ring (bicyclic) bond motifs is 5. The minimum atomic E-state index is -0.219. The van der Waals surface area contributed by atoms with Crippen molar-refractivity contribution in [3.05, 3.63) is 23.5 Å². The average Bonchev–Trinajstić information content (AvgIpc) is 2.92. The van der Waals surface area contributed by atoms with Gasteiger partial charge in [-0.05, 0) is 85.7 Å². The fourth-order valence-electron chi connectivity index (χ4n) is 7.23. The Kier molecular flexibility index (Phi) is 4.20. The van der Waals surface area contributed by atoms with Gasteiger partial charge >= 0.3 is 5.97 Å². The summed E-state index contributed by atoms with van der Waals surface area (Å²) < 4.78 is 5.39. The normalized spacial score (nSPS) is 44.2. The van der Waals surface area contributed by atoms with Gasteiger partial charge in [0.1, 0.15) is 11.5 Å². The number of hydrogen-bond donors (Lipinski definition) is 0. The highest BCUT2D eigenvalue weighted by Crippen LogP contribution is 2.66. The SMILES string of the molecule is CC(=O)OC1=CC2=CC[C@H]3[C@@H]4CC[C@H](C(C)=O)[C@]4(C)CC[C@@H]3[C@@]2(C)CC1. The van der Waals surface area contributed by atoms with E-state index < -0.39 is 0 Å². The largest absolute Gasteiger partial charge is 0.431 e. The van der Waals surface area contributed by atoms with Gasteiger partial charge in [0, 0.05) is 19.3 Å². The number of carbonyl (C=O) groups is 2. The molecule has 0 aliphatic heterocycles. The van der Waals surface area contributed by atoms with E-state index in [1.54, 1.807) is 6.92 Å². The predicted octanol–water partition coefficient (Wildman–Crippen LogP) is 5.21. The van der Waals surface area contributed by atoms with Gasteiger partial charge in [0.2, 0.25) is 0 Å². The van der Waals surface area contributed by atoms with E-state index in [9.17, 15) is 9.59 Å². The maximum Gasteiger partial charge on any atom is 0.307 e. The first kappa shape index (κ1) is 18.0. The third-order valence-corrected chi connectivity index (χ3v) is 8.50. The van der Waals surface area contributed by atoms with E-state index in [-0.39, 0.29) is 22.7 Å². The van der Waals surface area contributed by atoms with E-state index in [1.165, 1.54) is 31.8 Å². The van der Waals surface area contributed by atoms with Gasteiger partial charge in [-0.15, -0.1) is 0 Å². The van der Waals surface area contributed by atoms with Crippen LogP contribution in [-0.4, -0.2) is 11.8 Å². The van der Waals surface area contributed by atoms with Crippen molar-refractivity contribution in [1.82, 2.24) is 0 Å². The van der Waals surface area contributed by atoms with Crippen molar-refractivity contribution in [2.45, 2.75) is 72.6 Å². The average molecular weight is 357 g/mol. The summed E-state index contributed by atoms with van der Waals surface area (Å²) in [4.78, 5) is 23.5. The van der Waals surface area contributed by atoms with Crippen LogP contribution < -0.4 is 0 Å². The lowest BCUT2D eigenvalue weighted by atomic mass is 9.48. The molecule has 4 aliphatic rings. The highest BCUT2D eigenvalue weighted by Gasteiger charge is 2.59. The number of ketones is 1. The molecule has 2 saturated carbocycles. The minimum Gasteiger partial charge on any atom is -0.431 e. The van der Waals surface area contributed by atoms with Crippen LogP contribution in [0.25, 0.3) is 0 Å². The van der Waals surface area contributed by atoms with Crippen LogP contribution >= 0.6 is 0 Å². The van der Waals surface area contributed by atoms with E-state index >= 15 is 0 Å². The van der Waals surface area contributed by atoms with E-state index in [0.29, 0.717) is 23.5 Å². The lowest BCUT2D eigenvalue weighted by Gasteiger charge is -2.56. The molecule has 3 heteroatoms. The highest BCUT2D eigenvalue weighted by molar-refractivity contribution is 5.79. The molecule has 0 saturated heterocycles. The van der Waals surface area contributed by atoms with Gasteiger partial charge in [0.25, 0.3) is 0 Å². The van der Waals surface area contributed by atoms with Gasteiger partial charge in [0.05, 0.1) is 0 Å². The molecule has 0 spiro atoms. The van der Waals surface area contributed by atoms with Gasteiger partial charge in [0.15, 0.2) is 0 Å². The van der Waals surface area contributed by atoms with Crippen LogP contribution in [0.3, 0.4) is 0 Å². The highest BCUT2D eigenvalue weighted by atomic mass is 16.5. The minimum absolute atomic E-state index is 0.197. The molecule has 0 radical (unpaired) electrons. The summed E-state index contributed by atoms with van der Waals surface area (Å²) in [5.41, 5.74) is 1.79. The third kappa shape index (κ3) is 2.53. The summed E-state index contributed by atoms with van der Waals surface area (Å²) in [7, 11) is 0. The molecule has 0 unspecified atom stereocenters. The maximum atomic E-state index is 12.2. The van der Waals surface area contributed by atoms with Crippen molar-refractivity contribution in [3.8, 4) is 0 Å². The topological polar surface area (TPSA) is 43.4 Å². The Morgan fingerprint density at radius 3 is 2.54 bits per heavy atom. The molecule has 0 heterocycles. The van der Waals surface area contributed by atoms with Gasteiger partial charge in [-0.2, -0.15) is 0 Å². The molecule has 6 atom stereocenters. The van der Waals surface area contributed by atoms with Gasteiger partial charge in [-0.1, -0.05) is 19.9 Å². The van der Waals surface area contributed by atoms with Crippen molar-refractivity contribution in [3.63, 3.8) is 0 Å². The number of allylic oxidation sites excluding steroid dienone is 4. The molecule has 2 fully saturated rings. The standard InChI is InChI=1S/C23H32O3/c1-14(24)19-7-8-20-18-6-5-16-13-17(26-15(2)25)9-11-22(16,3)21(18)10-12-23(19,20)4/h5,13,18-21H,6-12H2,1-4H3/t18-,19+,20-,21-,22-,23-/m0/s1. The van der Waals surface area contributed by atoms with Crippen LogP contribution in [0.1, 0.15) is 72.6 Å². The van der Waals surface area contributed by atoms with Crippen LogP contribution in [0.5, 0.6) is 0 Å². The van der Waals surface area contributed by atoms with E-state index in [4.69, 9.17) is 4.74 Å². The second kappa shape index (κ2) is 6.07. The molecule has 0 aromatic rings. The van der Waals surface area contributed by atoms with E-state index in [0.717, 1.165) is 31.4 Å². The van der Waals surface area contributed by atoms with Crippen LogP contribution in [0.4, 0.5) is 0 Å². The zero-order valence-corrected chi connectivity index (χ0v) is 16.6. The van der Waals surface area contributed by atoms with Crippen LogP contribution in [0.2, 0.25) is 0 Å². The molecule has 4 aliphatic carbocycles. The zero-order chi connectivity index (χ0) is 18.7. The Morgan fingerprint density at radius 1 is 1.08 bits per heavy atom. The fourth-order valence-corrected chi connectivity index (χ4v) is 7.23. The zero-order valence-electron chi connectivity index (χ0n) is 16.6. The summed E-state index contributed by atoms with van der Waals surface area (Å²) >= 11 is 0. The summed E-state index contributed by atoms with van der Waals surface area (Å²) in [6, 6.07) is 0. The van der Waals surface area contributed by atoms with Crippen molar-refractivity contribution >= 4 is 11.8 Å². The predicted molar refractivity (Wildman–Crippen MR) is 101 cm³/mol. The molecule has 26 heavy (non-hydrogen) atoms. The molecular weight excluding hydrogens is 324 g/mol. The van der Waals surface area contributed by atoms with Crippen LogP contribution in [0, 0.1) is 34.5 Å². The Labute approximate surface area is 157 Å². The lowest BCUT2D eigenvalue weighted by molar-refractivity contribution is -0.137. The van der Waals surface area contributed by atoms with Crippen molar-refractivity contribution < 1.29 is 14.3 Å². The van der Waals surface area contributed by atoms with Crippen LogP contribution in [-0.2, 0) is 14.3 Å². The van der Waals surface area contributed by atoms with E-state index in [1.807, 2.05) is 0 Å². The summed E-state index contributed by atoms with van der Waals surface area (Å²) in [6.45, 7) is 8.10. The number of Topliss-reactive ketones (excluding diaryl/α,β-unsaturated/α-hetero) is 1. The Hall–Kier alpha value is -1.38. The molecule has 142 valence electrons. The molecule has 0 bridgehead atoms. The summed E-state index contributed by atoms with van der Waals surface area (Å²) in [5, 5.41) is 0. The molecule has 3 nitrogen and oxygen atoms in total. The summed E-state index contributed by atoms with van der Waals surface area (Å²) in [5.74, 6) is 3.37. The van der Waals surface area contributed by atoms with E-state index in [2.05, 4.69) is 26.0 Å². The second-order valence-electron chi connectivity index (χ2n) is 9.68. The van der Waals surface area contributed by atoms with Gasteiger partial charge in [-0.25, -0.2) is 0 Å². The van der Waals surface area contributed by atoms with Gasteiger partial charge in [-0.3, -0.25) is 9.59 Å². The number of ether oxygens (including phenoxy) is 1. The van der Waals surface area contributed by atoms with Crippen molar-refractivity contribution in [2.75, 3.05) is 0 Å². The lowest BCUT2D eigenvalue weighted by Crippen LogP contribution is -2.49. The molecule has 4 rings (SSSR count). The smallest absolute Gasteiger partial charge is 0.307 e. The van der Waals surface area contributed by atoms with Crippen LogP contribution in [0.15, 0.2) is 23.5 Å². The molecule has 0 N–H and O–H groups in total. The van der Waals surface area contributed by atoms with Crippen molar-refractivity contribution in [2.24, 2.45) is 34.5 Å². The monoisotopic (exact) mass is 356 g/mol. The fraction of sp³-hybridized carbons (Fsp3) is 0.739. The van der Waals surface area contributed by atoms with Crippen molar-refractivity contribution in [1.29, 1.82) is 0 Å².